The van der Waals surface area contributed by atoms with Crippen LogP contribution in [-0.4, -0.2) is 41.1 Å². The first-order chi connectivity index (χ1) is 10.1. The summed E-state index contributed by atoms with van der Waals surface area (Å²) in [4.78, 5) is 27.5. The number of urea groups is 1. The van der Waals surface area contributed by atoms with Crippen LogP contribution < -0.4 is 4.90 Å². The summed E-state index contributed by atoms with van der Waals surface area (Å²) >= 11 is 0. The van der Waals surface area contributed by atoms with Crippen LogP contribution in [0.3, 0.4) is 0 Å². The van der Waals surface area contributed by atoms with Gasteiger partial charge in [-0.25, -0.2) is 9.59 Å². The predicted octanol–water partition coefficient (Wildman–Crippen LogP) is 2.74. The highest BCUT2D eigenvalue weighted by atomic mass is 16.4. The molecule has 0 aliphatic carbocycles. The summed E-state index contributed by atoms with van der Waals surface area (Å²) in [5, 5.41) is 9.43. The summed E-state index contributed by atoms with van der Waals surface area (Å²) in [6, 6.07) is 6.44. The smallest absolute Gasteiger partial charge is 0.327 e. The van der Waals surface area contributed by atoms with Crippen LogP contribution in [0.4, 0.5) is 10.5 Å². The van der Waals surface area contributed by atoms with Crippen molar-refractivity contribution in [2.45, 2.75) is 39.2 Å². The van der Waals surface area contributed by atoms with Crippen LogP contribution >= 0.6 is 0 Å². The zero-order valence-corrected chi connectivity index (χ0v) is 12.6. The average Bonchev–Trinajstić information content (AvgIpc) is 2.86. The molecule has 1 heterocycles. The van der Waals surface area contributed by atoms with Crippen molar-refractivity contribution in [1.29, 1.82) is 0 Å². The van der Waals surface area contributed by atoms with Crippen LogP contribution in [0, 0.1) is 0 Å². The normalized spacial score (nSPS) is 16.7. The topological polar surface area (TPSA) is 60.9 Å². The summed E-state index contributed by atoms with van der Waals surface area (Å²) < 4.78 is 0. The maximum absolute atomic E-state index is 12.8. The number of carbonyl (C=O) groups excluding carboxylic acids is 1. The molecular formula is C16H22N2O3. The molecule has 1 N–H and O–H groups in total. The van der Waals surface area contributed by atoms with Crippen molar-refractivity contribution in [3.63, 3.8) is 0 Å². The van der Waals surface area contributed by atoms with E-state index in [1.165, 1.54) is 4.90 Å². The van der Waals surface area contributed by atoms with Crippen molar-refractivity contribution in [2.24, 2.45) is 0 Å². The van der Waals surface area contributed by atoms with E-state index in [4.69, 9.17) is 0 Å². The third kappa shape index (κ3) is 3.01. The second-order valence-corrected chi connectivity index (χ2v) is 5.33. The van der Waals surface area contributed by atoms with Crippen molar-refractivity contribution < 1.29 is 14.7 Å². The van der Waals surface area contributed by atoms with E-state index in [0.717, 1.165) is 24.1 Å². The van der Waals surface area contributed by atoms with Gasteiger partial charge in [0.25, 0.3) is 0 Å². The molecule has 0 fully saturated rings. The lowest BCUT2D eigenvalue weighted by Gasteiger charge is -2.30. The van der Waals surface area contributed by atoms with Gasteiger partial charge in [0.05, 0.1) is 0 Å². The van der Waals surface area contributed by atoms with Crippen LogP contribution in [0.5, 0.6) is 0 Å². The van der Waals surface area contributed by atoms with Gasteiger partial charge in [-0.05, 0) is 24.5 Å². The largest absolute Gasteiger partial charge is 0.480 e. The van der Waals surface area contributed by atoms with Gasteiger partial charge in [0.15, 0.2) is 0 Å². The Morgan fingerprint density at radius 2 is 1.86 bits per heavy atom. The Morgan fingerprint density at radius 1 is 1.24 bits per heavy atom. The molecule has 1 aromatic rings. The highest BCUT2D eigenvalue weighted by molar-refractivity contribution is 6.01. The Hall–Kier alpha value is -2.04. The SMILES string of the molecule is CCCN(CCC)C(=O)N1c2ccccc2C[C@H]1C(=O)O. The van der Waals surface area contributed by atoms with Gasteiger partial charge in [-0.2, -0.15) is 0 Å². The minimum atomic E-state index is -0.951. The first kappa shape index (κ1) is 15.4. The molecule has 0 saturated heterocycles. The molecule has 0 bridgehead atoms. The first-order valence-electron chi connectivity index (χ1n) is 7.49. The summed E-state index contributed by atoms with van der Waals surface area (Å²) in [5.41, 5.74) is 1.65. The Labute approximate surface area is 125 Å². The number of carboxylic acids is 1. The average molecular weight is 290 g/mol. The molecule has 1 aliphatic rings. The van der Waals surface area contributed by atoms with E-state index in [2.05, 4.69) is 0 Å². The molecule has 2 rings (SSSR count). The van der Waals surface area contributed by atoms with Crippen LogP contribution in [0.2, 0.25) is 0 Å². The lowest BCUT2D eigenvalue weighted by molar-refractivity contribution is -0.138. The number of hydrogen-bond donors (Lipinski definition) is 1. The first-order valence-corrected chi connectivity index (χ1v) is 7.49. The van der Waals surface area contributed by atoms with Crippen molar-refractivity contribution >= 4 is 17.7 Å². The standard InChI is InChI=1S/C16H22N2O3/c1-3-9-17(10-4-2)16(21)18-13-8-6-5-7-12(13)11-14(18)15(19)20/h5-8,14H,3-4,9-11H2,1-2H3,(H,19,20)/t14-/m0/s1. The molecule has 2 amide bonds. The van der Waals surface area contributed by atoms with Gasteiger partial charge in [-0.1, -0.05) is 32.0 Å². The van der Waals surface area contributed by atoms with E-state index in [1.807, 2.05) is 38.1 Å². The minimum Gasteiger partial charge on any atom is -0.480 e. The Morgan fingerprint density at radius 3 is 2.43 bits per heavy atom. The van der Waals surface area contributed by atoms with Gasteiger partial charge in [0, 0.05) is 25.2 Å². The monoisotopic (exact) mass is 290 g/mol. The van der Waals surface area contributed by atoms with E-state index in [0.29, 0.717) is 19.5 Å². The van der Waals surface area contributed by atoms with E-state index in [9.17, 15) is 14.7 Å². The number of rotatable bonds is 5. The van der Waals surface area contributed by atoms with Crippen molar-refractivity contribution in [3.8, 4) is 0 Å². The number of nitrogens with zero attached hydrogens (tertiary/aromatic N) is 2. The quantitative estimate of drug-likeness (QED) is 0.907. The number of carbonyl (C=O) groups is 2. The van der Waals surface area contributed by atoms with Crippen molar-refractivity contribution in [2.75, 3.05) is 18.0 Å². The third-order valence-electron chi connectivity index (χ3n) is 3.72. The fourth-order valence-electron chi connectivity index (χ4n) is 2.82. The molecule has 5 nitrogen and oxygen atoms in total. The third-order valence-corrected chi connectivity index (χ3v) is 3.72. The molecule has 0 radical (unpaired) electrons. The molecule has 114 valence electrons. The van der Waals surface area contributed by atoms with Crippen LogP contribution in [0.1, 0.15) is 32.3 Å². The number of amides is 2. The second kappa shape index (κ2) is 6.61. The highest BCUT2D eigenvalue weighted by Crippen LogP contribution is 2.33. The van der Waals surface area contributed by atoms with Gasteiger partial charge in [0.1, 0.15) is 6.04 Å². The van der Waals surface area contributed by atoms with E-state index in [-0.39, 0.29) is 6.03 Å². The van der Waals surface area contributed by atoms with Crippen LogP contribution in [0.15, 0.2) is 24.3 Å². The fourth-order valence-corrected chi connectivity index (χ4v) is 2.82. The maximum atomic E-state index is 12.8. The molecule has 1 atom stereocenters. The summed E-state index contributed by atoms with van der Waals surface area (Å²) in [6.07, 6.45) is 2.10. The summed E-state index contributed by atoms with van der Waals surface area (Å²) in [7, 11) is 0. The summed E-state index contributed by atoms with van der Waals surface area (Å²) in [5.74, 6) is -0.951. The lowest BCUT2D eigenvalue weighted by atomic mass is 10.1. The number of hydrogen-bond acceptors (Lipinski definition) is 2. The predicted molar refractivity (Wildman–Crippen MR) is 81.6 cm³/mol. The Balaban J connectivity index is 2.33. The van der Waals surface area contributed by atoms with Gasteiger partial charge in [-0.15, -0.1) is 0 Å². The highest BCUT2D eigenvalue weighted by Gasteiger charge is 2.39. The molecule has 21 heavy (non-hydrogen) atoms. The fraction of sp³-hybridized carbons (Fsp3) is 0.500. The Kier molecular flexibility index (Phi) is 4.83. The molecule has 1 aromatic carbocycles. The molecule has 5 heteroatoms. The minimum absolute atomic E-state index is 0.198. The lowest BCUT2D eigenvalue weighted by Crippen LogP contribution is -2.50. The van der Waals surface area contributed by atoms with Crippen molar-refractivity contribution in [1.82, 2.24) is 4.90 Å². The number of fused-ring (bicyclic) bond motifs is 1. The van der Waals surface area contributed by atoms with Gasteiger partial charge < -0.3 is 10.0 Å². The number of benzene rings is 1. The van der Waals surface area contributed by atoms with E-state index >= 15 is 0 Å². The molecule has 1 aliphatic heterocycles. The molecule has 0 unspecified atom stereocenters. The number of carboxylic acid groups (broad SMARTS) is 1. The number of anilines is 1. The number of aliphatic carboxylic acids is 1. The molecule has 0 spiro atoms. The van der Waals surface area contributed by atoms with Gasteiger partial charge in [-0.3, -0.25) is 4.90 Å². The van der Waals surface area contributed by atoms with E-state index in [1.54, 1.807) is 4.90 Å². The molecular weight excluding hydrogens is 268 g/mol. The van der Waals surface area contributed by atoms with Crippen LogP contribution in [0.25, 0.3) is 0 Å². The zero-order chi connectivity index (χ0) is 15.4. The number of para-hydroxylation sites is 1. The van der Waals surface area contributed by atoms with Crippen molar-refractivity contribution in [3.05, 3.63) is 29.8 Å². The van der Waals surface area contributed by atoms with Gasteiger partial charge >= 0.3 is 12.0 Å². The van der Waals surface area contributed by atoms with Crippen LogP contribution in [-0.2, 0) is 11.2 Å². The van der Waals surface area contributed by atoms with E-state index < -0.39 is 12.0 Å². The maximum Gasteiger partial charge on any atom is 0.327 e. The van der Waals surface area contributed by atoms with Gasteiger partial charge in [0.2, 0.25) is 0 Å². The summed E-state index contributed by atoms with van der Waals surface area (Å²) in [6.45, 7) is 5.33. The molecule has 0 aromatic heterocycles. The Bertz CT molecular complexity index is 524. The second-order valence-electron chi connectivity index (χ2n) is 5.33. The zero-order valence-electron chi connectivity index (χ0n) is 12.6. The molecule has 0 saturated carbocycles.